The summed E-state index contributed by atoms with van der Waals surface area (Å²) >= 11 is 0. The van der Waals surface area contributed by atoms with Gasteiger partial charge in [-0.2, -0.15) is 0 Å². The molecule has 0 saturated carbocycles. The van der Waals surface area contributed by atoms with Gasteiger partial charge >= 0.3 is 17.6 Å². The van der Waals surface area contributed by atoms with Crippen molar-refractivity contribution in [2.75, 3.05) is 6.54 Å². The molecule has 0 radical (unpaired) electrons. The molecule has 0 atom stereocenters. The second-order valence-electron chi connectivity index (χ2n) is 7.67. The van der Waals surface area contributed by atoms with Crippen molar-refractivity contribution in [1.82, 2.24) is 10.2 Å². The zero-order chi connectivity index (χ0) is 21.5. The first-order chi connectivity index (χ1) is 14.3. The van der Waals surface area contributed by atoms with E-state index >= 15 is 0 Å². The van der Waals surface area contributed by atoms with Crippen LogP contribution in [0, 0.1) is 0 Å². The van der Waals surface area contributed by atoms with Crippen molar-refractivity contribution in [2.45, 2.75) is 32.4 Å². The fraction of sp³-hybridized carbons (Fsp3) is 0.273. The molecule has 154 valence electrons. The number of esters is 1. The largest absolute Gasteiger partial charge is 0.461 e. The van der Waals surface area contributed by atoms with Gasteiger partial charge in [-0.1, -0.05) is 30.3 Å². The van der Waals surface area contributed by atoms with Crippen molar-refractivity contribution in [3.05, 3.63) is 58.4 Å². The van der Waals surface area contributed by atoms with E-state index in [2.05, 4.69) is 5.32 Å². The van der Waals surface area contributed by atoms with Crippen LogP contribution in [0.25, 0.3) is 21.7 Å². The van der Waals surface area contributed by atoms with Crippen molar-refractivity contribution >= 4 is 39.6 Å². The average molecular weight is 408 g/mol. The highest BCUT2D eigenvalue weighted by Crippen LogP contribution is 2.27. The molecule has 30 heavy (non-hydrogen) atoms. The van der Waals surface area contributed by atoms with Crippen LogP contribution in [0.1, 0.15) is 25.8 Å². The van der Waals surface area contributed by atoms with Gasteiger partial charge in [0, 0.05) is 23.6 Å². The van der Waals surface area contributed by atoms with Gasteiger partial charge in [-0.3, -0.25) is 14.5 Å². The van der Waals surface area contributed by atoms with Crippen LogP contribution in [0.5, 0.6) is 0 Å². The molecule has 3 amide bonds. The van der Waals surface area contributed by atoms with Crippen molar-refractivity contribution in [3.8, 4) is 0 Å². The summed E-state index contributed by atoms with van der Waals surface area (Å²) in [5.41, 5.74) is -0.583. The molecule has 8 nitrogen and oxygen atoms in total. The third-order valence-electron chi connectivity index (χ3n) is 5.09. The molecule has 1 aromatic heterocycles. The van der Waals surface area contributed by atoms with Gasteiger partial charge in [-0.15, -0.1) is 0 Å². The highest BCUT2D eigenvalue weighted by molar-refractivity contribution is 6.07. The first-order valence-corrected chi connectivity index (χ1v) is 9.50. The van der Waals surface area contributed by atoms with E-state index < -0.39 is 29.1 Å². The topological polar surface area (TPSA) is 106 Å². The lowest BCUT2D eigenvalue weighted by Gasteiger charge is -2.15. The van der Waals surface area contributed by atoms with Gasteiger partial charge < -0.3 is 14.5 Å². The molecule has 2 heterocycles. The summed E-state index contributed by atoms with van der Waals surface area (Å²) in [6, 6.07) is 12.0. The molecule has 0 spiro atoms. The number of imide groups is 1. The number of rotatable bonds is 5. The molecule has 1 fully saturated rings. The quantitative estimate of drug-likeness (QED) is 0.301. The van der Waals surface area contributed by atoms with Gasteiger partial charge in [-0.25, -0.2) is 9.59 Å². The fourth-order valence-corrected chi connectivity index (χ4v) is 3.59. The number of urea groups is 1. The van der Waals surface area contributed by atoms with Crippen molar-refractivity contribution < 1.29 is 23.5 Å². The van der Waals surface area contributed by atoms with Gasteiger partial charge in [0.2, 0.25) is 0 Å². The van der Waals surface area contributed by atoms with Gasteiger partial charge in [-0.05, 0) is 30.7 Å². The van der Waals surface area contributed by atoms with E-state index in [1.807, 2.05) is 30.3 Å². The molecule has 0 aliphatic carbocycles. The molecule has 0 unspecified atom stereocenters. The second kappa shape index (κ2) is 7.29. The number of nitrogens with one attached hydrogen (secondary N) is 1. The minimum atomic E-state index is -0.987. The number of hydrogen-bond donors (Lipinski definition) is 1. The predicted octanol–water partition coefficient (Wildman–Crippen LogP) is 2.71. The van der Waals surface area contributed by atoms with Crippen LogP contribution in [0.3, 0.4) is 0 Å². The minimum Gasteiger partial charge on any atom is -0.461 e. The molecule has 8 heteroatoms. The summed E-state index contributed by atoms with van der Waals surface area (Å²) in [6.45, 7) is 3.00. The molecular weight excluding hydrogens is 388 g/mol. The zero-order valence-electron chi connectivity index (χ0n) is 16.6. The Balaban J connectivity index is 1.50. The average Bonchev–Trinajstić information content (AvgIpc) is 2.90. The van der Waals surface area contributed by atoms with E-state index in [4.69, 9.17) is 9.15 Å². The Kier molecular flexibility index (Phi) is 4.77. The number of ether oxygens (including phenoxy) is 1. The monoisotopic (exact) mass is 408 g/mol. The molecule has 1 aliphatic heterocycles. The third kappa shape index (κ3) is 3.52. The second-order valence-corrected chi connectivity index (χ2v) is 7.67. The molecule has 1 saturated heterocycles. The number of benzene rings is 2. The molecule has 0 bridgehead atoms. The lowest BCUT2D eigenvalue weighted by atomic mass is 10.0. The van der Waals surface area contributed by atoms with Crippen LogP contribution in [-0.4, -0.2) is 34.9 Å². The first-order valence-electron chi connectivity index (χ1n) is 9.50. The number of carbonyl (C=O) groups excluding carboxylic acids is 3. The Hall–Kier alpha value is -3.68. The highest BCUT2D eigenvalue weighted by atomic mass is 16.5. The lowest BCUT2D eigenvalue weighted by molar-refractivity contribution is -0.145. The van der Waals surface area contributed by atoms with E-state index in [-0.39, 0.29) is 19.6 Å². The zero-order valence-corrected chi connectivity index (χ0v) is 16.6. The molecule has 1 N–H and O–H groups in total. The van der Waals surface area contributed by atoms with Crippen molar-refractivity contribution in [1.29, 1.82) is 0 Å². The van der Waals surface area contributed by atoms with Gasteiger partial charge in [0.15, 0.2) is 0 Å². The van der Waals surface area contributed by atoms with Crippen LogP contribution in [0.2, 0.25) is 0 Å². The Bertz CT molecular complexity index is 1240. The van der Waals surface area contributed by atoms with Crippen molar-refractivity contribution in [2.24, 2.45) is 0 Å². The fourth-order valence-electron chi connectivity index (χ4n) is 3.59. The first kappa shape index (κ1) is 19.6. The van der Waals surface area contributed by atoms with Gasteiger partial charge in [0.25, 0.3) is 5.91 Å². The highest BCUT2D eigenvalue weighted by Gasteiger charge is 2.44. The Morgan fingerprint density at radius 2 is 1.90 bits per heavy atom. The SMILES string of the molecule is CC1(C)NC(=O)N(CCC(=O)OCc2cc(=O)oc3ccc4ccccc4c23)C1=O. The summed E-state index contributed by atoms with van der Waals surface area (Å²) in [7, 11) is 0. The summed E-state index contributed by atoms with van der Waals surface area (Å²) in [5, 5.41) is 5.11. The molecule has 1 aliphatic rings. The van der Waals surface area contributed by atoms with Gasteiger partial charge in [0.1, 0.15) is 17.7 Å². The van der Waals surface area contributed by atoms with E-state index in [0.29, 0.717) is 16.5 Å². The maximum absolute atomic E-state index is 12.2. The number of carbonyl (C=O) groups is 3. The normalized spacial score (nSPS) is 15.6. The molecule has 4 rings (SSSR count). The number of fused-ring (bicyclic) bond motifs is 3. The maximum Gasteiger partial charge on any atom is 0.336 e. The maximum atomic E-state index is 12.2. The van der Waals surface area contributed by atoms with Gasteiger partial charge in [0.05, 0.1) is 6.42 Å². The summed E-state index contributed by atoms with van der Waals surface area (Å²) < 4.78 is 10.6. The standard InChI is InChI=1S/C22H20N2O6/c1-22(2)20(27)24(21(28)23-22)10-9-17(25)29-12-14-11-18(26)30-16-8-7-13-5-3-4-6-15(13)19(14)16/h3-8,11H,9-10,12H2,1-2H3,(H,23,28). The van der Waals surface area contributed by atoms with Crippen LogP contribution in [-0.2, 0) is 20.9 Å². The number of amides is 3. The van der Waals surface area contributed by atoms with Crippen LogP contribution in [0.15, 0.2) is 51.7 Å². The third-order valence-corrected chi connectivity index (χ3v) is 5.09. The number of nitrogens with zero attached hydrogens (tertiary/aromatic N) is 1. The Morgan fingerprint density at radius 1 is 1.13 bits per heavy atom. The van der Waals surface area contributed by atoms with Crippen LogP contribution >= 0.6 is 0 Å². The predicted molar refractivity (Wildman–Crippen MR) is 109 cm³/mol. The van der Waals surface area contributed by atoms with E-state index in [0.717, 1.165) is 15.7 Å². The van der Waals surface area contributed by atoms with Crippen LogP contribution in [0.4, 0.5) is 4.79 Å². The number of hydrogen-bond acceptors (Lipinski definition) is 6. The molecular formula is C22H20N2O6. The molecule has 2 aromatic carbocycles. The van der Waals surface area contributed by atoms with E-state index in [9.17, 15) is 19.2 Å². The van der Waals surface area contributed by atoms with E-state index in [1.165, 1.54) is 6.07 Å². The lowest BCUT2D eigenvalue weighted by Crippen LogP contribution is -2.40. The summed E-state index contributed by atoms with van der Waals surface area (Å²) in [6.07, 6.45) is -0.143. The smallest absolute Gasteiger partial charge is 0.336 e. The Morgan fingerprint density at radius 3 is 2.63 bits per heavy atom. The summed E-state index contributed by atoms with van der Waals surface area (Å²) in [5.74, 6) is -0.972. The van der Waals surface area contributed by atoms with Crippen LogP contribution < -0.4 is 10.9 Å². The Labute approximate surface area is 171 Å². The minimum absolute atomic E-state index is 0.0759. The van der Waals surface area contributed by atoms with E-state index in [1.54, 1.807) is 19.9 Å². The summed E-state index contributed by atoms with van der Waals surface area (Å²) in [4.78, 5) is 49.2. The molecule has 3 aromatic rings. The van der Waals surface area contributed by atoms with Crippen molar-refractivity contribution in [3.63, 3.8) is 0 Å².